The van der Waals surface area contributed by atoms with Gasteiger partial charge in [-0.05, 0) is 45.7 Å². The summed E-state index contributed by atoms with van der Waals surface area (Å²) < 4.78 is 5.36. The number of hydrogen-bond donors (Lipinski definition) is 2. The van der Waals surface area contributed by atoms with E-state index >= 15 is 0 Å². The normalized spacial score (nSPS) is 21.7. The monoisotopic (exact) mass is 244 g/mol. The van der Waals surface area contributed by atoms with Gasteiger partial charge in [0.1, 0.15) is 0 Å². The molecule has 1 heterocycles. The minimum atomic E-state index is -0.378. The smallest absolute Gasteiger partial charge is 0.0611 e. The van der Waals surface area contributed by atoms with Crippen molar-refractivity contribution in [2.75, 3.05) is 33.4 Å². The van der Waals surface area contributed by atoms with Gasteiger partial charge >= 0.3 is 0 Å². The third-order valence-corrected chi connectivity index (χ3v) is 4.02. The van der Waals surface area contributed by atoms with E-state index in [2.05, 4.69) is 11.9 Å². The third-order valence-electron chi connectivity index (χ3n) is 4.02. The van der Waals surface area contributed by atoms with Gasteiger partial charge < -0.3 is 20.5 Å². The van der Waals surface area contributed by atoms with E-state index in [0.717, 1.165) is 51.9 Å². The van der Waals surface area contributed by atoms with E-state index in [1.807, 2.05) is 6.92 Å². The van der Waals surface area contributed by atoms with Crippen LogP contribution in [0.1, 0.15) is 39.0 Å². The van der Waals surface area contributed by atoms with Crippen molar-refractivity contribution in [3.05, 3.63) is 0 Å². The summed E-state index contributed by atoms with van der Waals surface area (Å²) in [7, 11) is 2.18. The van der Waals surface area contributed by atoms with Gasteiger partial charge in [0.25, 0.3) is 0 Å². The van der Waals surface area contributed by atoms with E-state index < -0.39 is 0 Å². The SMILES string of the molecule is CCC(N)(CO)CCCN(C)C1CCOCC1. The molecule has 3 N–H and O–H groups in total. The molecule has 1 aliphatic rings. The molecular weight excluding hydrogens is 216 g/mol. The predicted octanol–water partition coefficient (Wildman–Crippen LogP) is 0.977. The van der Waals surface area contributed by atoms with Crippen LogP contribution >= 0.6 is 0 Å². The molecule has 1 unspecified atom stereocenters. The lowest BCUT2D eigenvalue weighted by atomic mass is 9.92. The fourth-order valence-electron chi connectivity index (χ4n) is 2.36. The molecule has 1 aliphatic heterocycles. The number of hydrogen-bond acceptors (Lipinski definition) is 4. The van der Waals surface area contributed by atoms with Crippen LogP contribution in [0.4, 0.5) is 0 Å². The summed E-state index contributed by atoms with van der Waals surface area (Å²) in [6.45, 7) is 4.97. The maximum Gasteiger partial charge on any atom is 0.0611 e. The molecule has 0 aromatic carbocycles. The lowest BCUT2D eigenvalue weighted by Gasteiger charge is -2.32. The van der Waals surface area contributed by atoms with Gasteiger partial charge in [0, 0.05) is 24.8 Å². The molecule has 0 radical (unpaired) electrons. The van der Waals surface area contributed by atoms with Crippen molar-refractivity contribution < 1.29 is 9.84 Å². The second-order valence-electron chi connectivity index (χ2n) is 5.30. The molecule has 1 rings (SSSR count). The minimum absolute atomic E-state index is 0.0878. The van der Waals surface area contributed by atoms with Gasteiger partial charge in [0.2, 0.25) is 0 Å². The number of nitrogens with zero attached hydrogens (tertiary/aromatic N) is 1. The van der Waals surface area contributed by atoms with Crippen LogP contribution in [0.25, 0.3) is 0 Å². The molecule has 1 atom stereocenters. The summed E-state index contributed by atoms with van der Waals surface area (Å²) in [5.41, 5.74) is 5.69. The average molecular weight is 244 g/mol. The Kier molecular flexibility index (Phi) is 6.41. The minimum Gasteiger partial charge on any atom is -0.394 e. The van der Waals surface area contributed by atoms with E-state index in [1.54, 1.807) is 0 Å². The van der Waals surface area contributed by atoms with Crippen LogP contribution in [0.3, 0.4) is 0 Å². The quantitative estimate of drug-likeness (QED) is 0.701. The van der Waals surface area contributed by atoms with E-state index in [4.69, 9.17) is 10.5 Å². The molecular formula is C13H28N2O2. The van der Waals surface area contributed by atoms with Crippen molar-refractivity contribution in [3.8, 4) is 0 Å². The second-order valence-corrected chi connectivity index (χ2v) is 5.30. The van der Waals surface area contributed by atoms with Crippen LogP contribution in [0, 0.1) is 0 Å². The van der Waals surface area contributed by atoms with Crippen molar-refractivity contribution in [1.82, 2.24) is 4.90 Å². The van der Waals surface area contributed by atoms with Crippen LogP contribution in [0.15, 0.2) is 0 Å². The molecule has 0 spiro atoms. The summed E-state index contributed by atoms with van der Waals surface area (Å²) in [5, 5.41) is 9.24. The molecule has 102 valence electrons. The fraction of sp³-hybridized carbons (Fsp3) is 1.00. The van der Waals surface area contributed by atoms with Gasteiger partial charge in [-0.25, -0.2) is 0 Å². The van der Waals surface area contributed by atoms with Crippen molar-refractivity contribution in [1.29, 1.82) is 0 Å². The zero-order valence-electron chi connectivity index (χ0n) is 11.3. The molecule has 4 nitrogen and oxygen atoms in total. The molecule has 17 heavy (non-hydrogen) atoms. The molecule has 0 aliphatic carbocycles. The molecule has 0 bridgehead atoms. The number of aliphatic hydroxyl groups is 1. The van der Waals surface area contributed by atoms with Crippen molar-refractivity contribution in [2.24, 2.45) is 5.73 Å². The molecule has 1 fully saturated rings. The Bertz CT molecular complexity index is 202. The molecule has 1 saturated heterocycles. The Morgan fingerprint density at radius 1 is 1.41 bits per heavy atom. The first-order valence-electron chi connectivity index (χ1n) is 6.79. The van der Waals surface area contributed by atoms with E-state index in [0.29, 0.717) is 6.04 Å². The van der Waals surface area contributed by atoms with Crippen LogP contribution in [0.2, 0.25) is 0 Å². The predicted molar refractivity (Wildman–Crippen MR) is 70.0 cm³/mol. The first kappa shape index (κ1) is 14.9. The zero-order chi connectivity index (χ0) is 12.7. The highest BCUT2D eigenvalue weighted by atomic mass is 16.5. The summed E-state index contributed by atoms with van der Waals surface area (Å²) in [6.07, 6.45) is 5.06. The summed E-state index contributed by atoms with van der Waals surface area (Å²) >= 11 is 0. The Morgan fingerprint density at radius 3 is 2.59 bits per heavy atom. The Morgan fingerprint density at radius 2 is 2.06 bits per heavy atom. The standard InChI is InChI=1S/C13H28N2O2/c1-3-13(14,11-16)7-4-8-15(2)12-5-9-17-10-6-12/h12,16H,3-11,14H2,1-2H3. The number of ether oxygens (including phenoxy) is 1. The Labute approximate surface area is 105 Å². The van der Waals surface area contributed by atoms with E-state index in [1.165, 1.54) is 0 Å². The van der Waals surface area contributed by atoms with Gasteiger partial charge in [-0.15, -0.1) is 0 Å². The maximum atomic E-state index is 9.24. The first-order chi connectivity index (χ1) is 8.11. The first-order valence-corrected chi connectivity index (χ1v) is 6.79. The molecule has 0 amide bonds. The number of aliphatic hydroxyl groups excluding tert-OH is 1. The topological polar surface area (TPSA) is 58.7 Å². The van der Waals surface area contributed by atoms with Gasteiger partial charge in [-0.2, -0.15) is 0 Å². The molecule has 0 aromatic rings. The van der Waals surface area contributed by atoms with Crippen LogP contribution in [0.5, 0.6) is 0 Å². The average Bonchev–Trinajstić information content (AvgIpc) is 2.39. The van der Waals surface area contributed by atoms with Crippen LogP contribution < -0.4 is 5.73 Å². The summed E-state index contributed by atoms with van der Waals surface area (Å²) in [4.78, 5) is 2.41. The molecule has 4 heteroatoms. The number of nitrogens with two attached hydrogens (primary N) is 1. The third kappa shape index (κ3) is 4.92. The largest absolute Gasteiger partial charge is 0.394 e. The van der Waals surface area contributed by atoms with Crippen LogP contribution in [-0.2, 0) is 4.74 Å². The van der Waals surface area contributed by atoms with Gasteiger partial charge in [0.05, 0.1) is 6.61 Å². The van der Waals surface area contributed by atoms with E-state index in [9.17, 15) is 5.11 Å². The lowest BCUT2D eigenvalue weighted by molar-refractivity contribution is 0.0416. The van der Waals surface area contributed by atoms with Crippen molar-refractivity contribution in [2.45, 2.75) is 50.6 Å². The summed E-state index contributed by atoms with van der Waals surface area (Å²) in [5.74, 6) is 0. The molecule has 0 aromatic heterocycles. The van der Waals surface area contributed by atoms with Gasteiger partial charge in [-0.1, -0.05) is 6.92 Å². The van der Waals surface area contributed by atoms with Gasteiger partial charge in [-0.3, -0.25) is 0 Å². The van der Waals surface area contributed by atoms with Crippen molar-refractivity contribution >= 4 is 0 Å². The summed E-state index contributed by atoms with van der Waals surface area (Å²) in [6, 6.07) is 0.659. The zero-order valence-corrected chi connectivity index (χ0v) is 11.3. The van der Waals surface area contributed by atoms with Gasteiger partial charge in [0.15, 0.2) is 0 Å². The molecule has 0 saturated carbocycles. The highest BCUT2D eigenvalue weighted by Crippen LogP contribution is 2.16. The second kappa shape index (κ2) is 7.31. The fourth-order valence-corrected chi connectivity index (χ4v) is 2.36. The highest BCUT2D eigenvalue weighted by Gasteiger charge is 2.22. The highest BCUT2D eigenvalue weighted by molar-refractivity contribution is 4.82. The van der Waals surface area contributed by atoms with Crippen LogP contribution in [-0.4, -0.2) is 55.0 Å². The Hall–Kier alpha value is -0.160. The van der Waals surface area contributed by atoms with E-state index in [-0.39, 0.29) is 12.1 Å². The van der Waals surface area contributed by atoms with Crippen molar-refractivity contribution in [3.63, 3.8) is 0 Å². The lowest BCUT2D eigenvalue weighted by Crippen LogP contribution is -2.44. The maximum absolute atomic E-state index is 9.24. The number of rotatable bonds is 7. The Balaban J connectivity index is 2.20.